The maximum Gasteiger partial charge on any atom is 0.224 e. The Hall–Kier alpha value is -4.18. The minimum absolute atomic E-state index is 0.106. The Morgan fingerprint density at radius 2 is 0.942 bits per heavy atom. The molecular weight excluding hydrogens is 637 g/mol. The van der Waals surface area contributed by atoms with Gasteiger partial charge in [-0.25, -0.2) is 0 Å². The van der Waals surface area contributed by atoms with E-state index in [1.165, 1.54) is 55.6 Å². The van der Waals surface area contributed by atoms with Crippen molar-refractivity contribution >= 4 is 11.8 Å². The second-order valence-corrected chi connectivity index (χ2v) is 16.6. The highest BCUT2D eigenvalue weighted by Crippen LogP contribution is 2.56. The molecule has 0 aliphatic heterocycles. The number of rotatable bonds is 6. The summed E-state index contributed by atoms with van der Waals surface area (Å²) in [5, 5.41) is 5.81. The van der Waals surface area contributed by atoms with Gasteiger partial charge in [-0.05, 0) is 146 Å². The molecule has 6 unspecified atom stereocenters. The SMILES string of the molecule is CC1CCC(C(=O)NCNC(=O)C2CCC(C)C(C)C2)CC1C.Cc1ccc(C2(c3ccc(C)c(C)c3)c3ccccc3-c3ccccc32)cc1C. The van der Waals surface area contributed by atoms with Crippen LogP contribution in [0.1, 0.15) is 111 Å². The van der Waals surface area contributed by atoms with Crippen LogP contribution in [0.25, 0.3) is 11.1 Å². The molecule has 7 rings (SSSR count). The lowest BCUT2D eigenvalue weighted by atomic mass is 9.67. The topological polar surface area (TPSA) is 58.2 Å². The Bertz CT molecular complexity index is 1770. The molecule has 2 amide bonds. The van der Waals surface area contributed by atoms with Gasteiger partial charge in [-0.3, -0.25) is 9.59 Å². The lowest BCUT2D eigenvalue weighted by Crippen LogP contribution is -2.44. The third kappa shape index (κ3) is 7.36. The van der Waals surface area contributed by atoms with E-state index < -0.39 is 0 Å². The van der Waals surface area contributed by atoms with Crippen LogP contribution in [0, 0.1) is 63.2 Å². The number of benzene rings is 4. The van der Waals surface area contributed by atoms with Crippen molar-refractivity contribution in [2.75, 3.05) is 6.67 Å². The minimum atomic E-state index is -0.288. The number of carbonyl (C=O) groups excluding carboxylic acids is 2. The number of carbonyl (C=O) groups is 2. The summed E-state index contributed by atoms with van der Waals surface area (Å²) in [6.45, 7) is 18.1. The van der Waals surface area contributed by atoms with Crippen LogP contribution in [0.3, 0.4) is 0 Å². The standard InChI is InChI=1S/C29H26.C19H34N2O2/c1-19-13-15-23(17-21(19)3)29(24-16-14-20(2)22(4)18-24)27-11-7-5-9-25(27)26-10-6-8-12-28(26)29;1-12-5-7-16(9-14(12)3)18(22)20-11-21-19(23)17-8-6-13(2)15(4)10-17/h5-18H,1-4H3;12-17H,5-11H2,1-4H3,(H,20,22)(H,21,23). The smallest absolute Gasteiger partial charge is 0.224 e. The fourth-order valence-corrected chi connectivity index (χ4v) is 9.05. The first kappa shape index (κ1) is 37.6. The predicted molar refractivity (Wildman–Crippen MR) is 215 cm³/mol. The number of hydrogen-bond donors (Lipinski definition) is 2. The van der Waals surface area contributed by atoms with Gasteiger partial charge in [0, 0.05) is 11.8 Å². The van der Waals surface area contributed by atoms with Gasteiger partial charge >= 0.3 is 0 Å². The fraction of sp³-hybridized carbons (Fsp3) is 0.458. The predicted octanol–water partition coefficient (Wildman–Crippen LogP) is 10.6. The summed E-state index contributed by atoms with van der Waals surface area (Å²) in [7, 11) is 0. The number of aryl methyl sites for hydroxylation is 4. The molecule has 0 saturated heterocycles. The number of hydrogen-bond acceptors (Lipinski definition) is 2. The Labute approximate surface area is 313 Å². The third-order valence-electron chi connectivity index (χ3n) is 13.3. The maximum absolute atomic E-state index is 12.2. The van der Waals surface area contributed by atoms with Gasteiger partial charge in [-0.15, -0.1) is 0 Å². The van der Waals surface area contributed by atoms with Crippen LogP contribution in [0.5, 0.6) is 0 Å². The minimum Gasteiger partial charge on any atom is -0.338 e. The van der Waals surface area contributed by atoms with E-state index in [0.717, 1.165) is 50.4 Å². The van der Waals surface area contributed by atoms with Gasteiger partial charge in [0.1, 0.15) is 0 Å². The molecule has 2 saturated carbocycles. The summed E-state index contributed by atoms with van der Waals surface area (Å²) in [5.74, 6) is 3.11. The average molecular weight is 697 g/mol. The molecule has 0 bridgehead atoms. The van der Waals surface area contributed by atoms with Crippen molar-refractivity contribution in [2.24, 2.45) is 35.5 Å². The van der Waals surface area contributed by atoms with Crippen molar-refractivity contribution in [3.05, 3.63) is 129 Å². The monoisotopic (exact) mass is 696 g/mol. The molecule has 0 aromatic heterocycles. The summed E-state index contributed by atoms with van der Waals surface area (Å²) >= 11 is 0. The average Bonchev–Trinajstić information content (AvgIpc) is 3.44. The van der Waals surface area contributed by atoms with Gasteiger partial charge < -0.3 is 10.6 Å². The fourth-order valence-electron chi connectivity index (χ4n) is 9.05. The first-order valence-electron chi connectivity index (χ1n) is 19.8. The van der Waals surface area contributed by atoms with E-state index in [0.29, 0.717) is 11.8 Å². The van der Waals surface area contributed by atoms with Crippen molar-refractivity contribution in [1.29, 1.82) is 0 Å². The van der Waals surface area contributed by atoms with Crippen molar-refractivity contribution < 1.29 is 9.59 Å². The quantitative estimate of drug-likeness (QED) is 0.174. The van der Waals surface area contributed by atoms with Gasteiger partial charge in [-0.2, -0.15) is 0 Å². The first-order chi connectivity index (χ1) is 24.9. The van der Waals surface area contributed by atoms with E-state index in [4.69, 9.17) is 0 Å². The van der Waals surface area contributed by atoms with E-state index in [1.54, 1.807) is 0 Å². The third-order valence-corrected chi connectivity index (χ3v) is 13.3. The lowest BCUT2D eigenvalue weighted by molar-refractivity contribution is -0.128. The molecule has 0 heterocycles. The van der Waals surface area contributed by atoms with Crippen molar-refractivity contribution in [3.63, 3.8) is 0 Å². The molecule has 274 valence electrons. The zero-order valence-corrected chi connectivity index (χ0v) is 32.8. The van der Waals surface area contributed by atoms with Gasteiger partial charge in [-0.1, -0.05) is 113 Å². The van der Waals surface area contributed by atoms with E-state index in [-0.39, 0.29) is 35.7 Å². The maximum atomic E-state index is 12.2. The van der Waals surface area contributed by atoms with Crippen LogP contribution in [0.2, 0.25) is 0 Å². The van der Waals surface area contributed by atoms with Crippen molar-refractivity contribution in [1.82, 2.24) is 10.6 Å². The summed E-state index contributed by atoms with van der Waals surface area (Å²) in [4.78, 5) is 24.5. The molecule has 2 fully saturated rings. The largest absolute Gasteiger partial charge is 0.338 e. The molecule has 6 atom stereocenters. The summed E-state index contributed by atoms with van der Waals surface area (Å²) in [5.41, 5.74) is 13.2. The normalized spacial score (nSPS) is 24.5. The Morgan fingerprint density at radius 3 is 1.33 bits per heavy atom. The van der Waals surface area contributed by atoms with Crippen LogP contribution in [0.4, 0.5) is 0 Å². The zero-order chi connectivity index (χ0) is 37.2. The number of fused-ring (bicyclic) bond motifs is 3. The van der Waals surface area contributed by atoms with Gasteiger partial charge in [0.05, 0.1) is 12.1 Å². The van der Waals surface area contributed by atoms with E-state index >= 15 is 0 Å². The van der Waals surface area contributed by atoms with Crippen LogP contribution in [-0.2, 0) is 15.0 Å². The van der Waals surface area contributed by atoms with Crippen LogP contribution in [-0.4, -0.2) is 18.5 Å². The molecule has 4 heteroatoms. The van der Waals surface area contributed by atoms with E-state index in [2.05, 4.69) is 151 Å². The molecule has 4 aromatic rings. The molecule has 3 aliphatic rings. The number of amides is 2. The lowest BCUT2D eigenvalue weighted by Gasteiger charge is -2.34. The zero-order valence-electron chi connectivity index (χ0n) is 32.8. The summed E-state index contributed by atoms with van der Waals surface area (Å²) < 4.78 is 0. The van der Waals surface area contributed by atoms with Crippen molar-refractivity contribution in [3.8, 4) is 11.1 Å². The molecule has 3 aliphatic carbocycles. The van der Waals surface area contributed by atoms with Crippen LogP contribution >= 0.6 is 0 Å². The highest BCUT2D eigenvalue weighted by molar-refractivity contribution is 5.86. The van der Waals surface area contributed by atoms with E-state index in [1.807, 2.05) is 0 Å². The molecule has 4 aromatic carbocycles. The number of nitrogens with one attached hydrogen (secondary N) is 2. The van der Waals surface area contributed by atoms with Crippen LogP contribution in [0.15, 0.2) is 84.9 Å². The van der Waals surface area contributed by atoms with Crippen molar-refractivity contribution in [2.45, 2.75) is 99.3 Å². The Morgan fingerprint density at radius 1 is 0.538 bits per heavy atom. The second kappa shape index (κ2) is 15.8. The molecule has 52 heavy (non-hydrogen) atoms. The van der Waals surface area contributed by atoms with Crippen LogP contribution < -0.4 is 10.6 Å². The van der Waals surface area contributed by atoms with Gasteiger partial charge in [0.25, 0.3) is 0 Å². The Balaban J connectivity index is 0.000000184. The Kier molecular flexibility index (Phi) is 11.4. The van der Waals surface area contributed by atoms with Gasteiger partial charge in [0.15, 0.2) is 0 Å². The first-order valence-corrected chi connectivity index (χ1v) is 19.8. The molecule has 0 spiro atoms. The summed E-state index contributed by atoms with van der Waals surface area (Å²) in [6.07, 6.45) is 6.15. The van der Waals surface area contributed by atoms with E-state index in [9.17, 15) is 9.59 Å². The molecular formula is C48H60N2O2. The molecule has 2 N–H and O–H groups in total. The summed E-state index contributed by atoms with van der Waals surface area (Å²) in [6, 6.07) is 31.9. The second-order valence-electron chi connectivity index (χ2n) is 16.6. The highest BCUT2D eigenvalue weighted by atomic mass is 16.2. The van der Waals surface area contributed by atoms with Gasteiger partial charge in [0.2, 0.25) is 11.8 Å². The molecule has 4 nitrogen and oxygen atoms in total. The highest BCUT2D eigenvalue weighted by Gasteiger charge is 2.46. The molecule has 0 radical (unpaired) electrons.